The third-order valence-corrected chi connectivity index (χ3v) is 3.12. The molecule has 2 aromatic carbocycles. The number of benzene rings is 2. The molecule has 7 heteroatoms. The zero-order valence-corrected chi connectivity index (χ0v) is 12.4. The molecular formula is C12H9BrCl2O4. The molecule has 0 aliphatic carbocycles. The SMILES string of the molecule is Oc1cc(Cl)cc(O)c1Br.Oc1cc(O)cc(Cl)c1. The highest BCUT2D eigenvalue weighted by atomic mass is 79.9. The number of hydrogen-bond donors (Lipinski definition) is 4. The molecule has 0 fully saturated rings. The lowest BCUT2D eigenvalue weighted by Crippen LogP contribution is -1.71. The molecule has 0 aromatic heterocycles. The summed E-state index contributed by atoms with van der Waals surface area (Å²) < 4.78 is 0.261. The highest BCUT2D eigenvalue weighted by molar-refractivity contribution is 9.10. The molecule has 2 rings (SSSR count). The van der Waals surface area contributed by atoms with Crippen molar-refractivity contribution in [1.82, 2.24) is 0 Å². The standard InChI is InChI=1S/C6H4BrClO2.C6H5ClO2/c7-6-4(9)1-3(8)2-5(6)10;7-4-1-5(8)3-6(9)2-4/h1-2,9-10H;1-3,8-9H. The summed E-state index contributed by atoms with van der Waals surface area (Å²) in [6.45, 7) is 0. The molecule has 2 aromatic rings. The first-order valence-corrected chi connectivity index (χ1v) is 6.40. The molecule has 0 saturated carbocycles. The van der Waals surface area contributed by atoms with Crippen LogP contribution in [-0.4, -0.2) is 20.4 Å². The second-order valence-electron chi connectivity index (χ2n) is 3.43. The molecule has 4 nitrogen and oxygen atoms in total. The van der Waals surface area contributed by atoms with Gasteiger partial charge in [0.25, 0.3) is 0 Å². The fourth-order valence-corrected chi connectivity index (χ4v) is 1.78. The van der Waals surface area contributed by atoms with Gasteiger partial charge in [0.05, 0.1) is 0 Å². The van der Waals surface area contributed by atoms with Crippen LogP contribution in [-0.2, 0) is 0 Å². The van der Waals surface area contributed by atoms with Gasteiger partial charge in [0.15, 0.2) is 0 Å². The van der Waals surface area contributed by atoms with Gasteiger partial charge in [0.2, 0.25) is 0 Å². The first kappa shape index (κ1) is 15.8. The highest BCUT2D eigenvalue weighted by Gasteiger charge is 2.04. The molecular weight excluding hydrogens is 359 g/mol. The Balaban J connectivity index is 0.000000191. The van der Waals surface area contributed by atoms with E-state index in [0.717, 1.165) is 0 Å². The minimum atomic E-state index is -0.0648. The van der Waals surface area contributed by atoms with Gasteiger partial charge in [-0.3, -0.25) is 0 Å². The van der Waals surface area contributed by atoms with Crippen molar-refractivity contribution < 1.29 is 20.4 Å². The van der Waals surface area contributed by atoms with Crippen LogP contribution in [0.2, 0.25) is 10.0 Å². The number of hydrogen-bond acceptors (Lipinski definition) is 4. The summed E-state index contributed by atoms with van der Waals surface area (Å²) in [5.41, 5.74) is 0. The summed E-state index contributed by atoms with van der Waals surface area (Å²) in [4.78, 5) is 0. The van der Waals surface area contributed by atoms with Crippen molar-refractivity contribution in [3.05, 3.63) is 44.8 Å². The van der Waals surface area contributed by atoms with Gasteiger partial charge >= 0.3 is 0 Å². The van der Waals surface area contributed by atoms with Crippen LogP contribution in [0.4, 0.5) is 0 Å². The van der Waals surface area contributed by atoms with Crippen LogP contribution in [0.15, 0.2) is 34.8 Å². The van der Waals surface area contributed by atoms with Crippen LogP contribution >= 0.6 is 39.1 Å². The van der Waals surface area contributed by atoms with Gasteiger partial charge in [-0.15, -0.1) is 0 Å². The Morgan fingerprint density at radius 1 is 0.684 bits per heavy atom. The van der Waals surface area contributed by atoms with Gasteiger partial charge in [-0.2, -0.15) is 0 Å². The van der Waals surface area contributed by atoms with Gasteiger partial charge in [-0.05, 0) is 40.2 Å². The average Bonchev–Trinajstić information content (AvgIpc) is 2.24. The van der Waals surface area contributed by atoms with E-state index in [1.54, 1.807) is 0 Å². The maximum atomic E-state index is 8.99. The Hall–Kier alpha value is -1.30. The predicted octanol–water partition coefficient (Wildman–Crippen LogP) is 4.26. The van der Waals surface area contributed by atoms with Crippen molar-refractivity contribution in [3.8, 4) is 23.0 Å². The van der Waals surface area contributed by atoms with E-state index in [-0.39, 0.29) is 27.5 Å². The first-order chi connectivity index (χ1) is 8.79. The molecule has 0 unspecified atom stereocenters. The number of aromatic hydroxyl groups is 4. The fourth-order valence-electron chi connectivity index (χ4n) is 1.12. The second-order valence-corrected chi connectivity index (χ2v) is 5.09. The van der Waals surface area contributed by atoms with E-state index >= 15 is 0 Å². The number of phenols is 4. The molecule has 0 saturated heterocycles. The monoisotopic (exact) mass is 366 g/mol. The van der Waals surface area contributed by atoms with E-state index in [0.29, 0.717) is 10.0 Å². The molecule has 0 aliphatic heterocycles. The maximum Gasteiger partial charge on any atom is 0.135 e. The molecule has 19 heavy (non-hydrogen) atoms. The van der Waals surface area contributed by atoms with Gasteiger partial charge < -0.3 is 20.4 Å². The Morgan fingerprint density at radius 2 is 1.05 bits per heavy atom. The van der Waals surface area contributed by atoms with Crippen LogP contribution in [0.3, 0.4) is 0 Å². The normalized spacial score (nSPS) is 9.63. The Morgan fingerprint density at radius 3 is 1.42 bits per heavy atom. The lowest BCUT2D eigenvalue weighted by Gasteiger charge is -1.99. The van der Waals surface area contributed by atoms with Gasteiger partial charge in [-0.25, -0.2) is 0 Å². The van der Waals surface area contributed by atoms with Crippen molar-refractivity contribution in [1.29, 1.82) is 0 Å². The van der Waals surface area contributed by atoms with Crippen molar-refractivity contribution in [2.45, 2.75) is 0 Å². The largest absolute Gasteiger partial charge is 0.508 e. The van der Waals surface area contributed by atoms with E-state index in [9.17, 15) is 0 Å². The minimum absolute atomic E-state index is 0.0278. The lowest BCUT2D eigenvalue weighted by molar-refractivity contribution is 0.444. The van der Waals surface area contributed by atoms with Crippen molar-refractivity contribution in [3.63, 3.8) is 0 Å². The molecule has 0 aliphatic rings. The van der Waals surface area contributed by atoms with Crippen molar-refractivity contribution in [2.24, 2.45) is 0 Å². The molecule has 102 valence electrons. The summed E-state index contributed by atoms with van der Waals surface area (Å²) in [6, 6.07) is 6.59. The van der Waals surface area contributed by atoms with Crippen LogP contribution < -0.4 is 0 Å². The first-order valence-electron chi connectivity index (χ1n) is 4.85. The van der Waals surface area contributed by atoms with Crippen molar-refractivity contribution >= 4 is 39.1 Å². The summed E-state index contributed by atoms with van der Waals surface area (Å²) >= 11 is 13.9. The van der Waals surface area contributed by atoms with Crippen LogP contribution in [0.1, 0.15) is 0 Å². The fraction of sp³-hybridized carbons (Fsp3) is 0. The second kappa shape index (κ2) is 6.75. The topological polar surface area (TPSA) is 80.9 Å². The third kappa shape index (κ3) is 5.06. The van der Waals surface area contributed by atoms with Crippen LogP contribution in [0, 0.1) is 0 Å². The zero-order chi connectivity index (χ0) is 14.6. The van der Waals surface area contributed by atoms with E-state index in [1.165, 1.54) is 30.3 Å². The van der Waals surface area contributed by atoms with Crippen LogP contribution in [0.5, 0.6) is 23.0 Å². The zero-order valence-electron chi connectivity index (χ0n) is 9.31. The summed E-state index contributed by atoms with van der Waals surface area (Å²) in [5, 5.41) is 36.1. The molecule has 0 amide bonds. The van der Waals surface area contributed by atoms with Crippen LogP contribution in [0.25, 0.3) is 0 Å². The van der Waals surface area contributed by atoms with E-state index in [4.69, 9.17) is 43.6 Å². The molecule has 0 spiro atoms. The van der Waals surface area contributed by atoms with Gasteiger partial charge in [0, 0.05) is 16.1 Å². The molecule has 0 bridgehead atoms. The molecule has 0 radical (unpaired) electrons. The molecule has 0 heterocycles. The Kier molecular flexibility index (Phi) is 5.60. The van der Waals surface area contributed by atoms with Gasteiger partial charge in [0.1, 0.15) is 27.5 Å². The maximum absolute atomic E-state index is 8.99. The number of rotatable bonds is 0. The van der Waals surface area contributed by atoms with E-state index in [1.807, 2.05) is 0 Å². The highest BCUT2D eigenvalue weighted by Crippen LogP contribution is 2.35. The molecule has 0 atom stereocenters. The average molecular weight is 368 g/mol. The quantitative estimate of drug-likeness (QED) is 0.560. The van der Waals surface area contributed by atoms with Gasteiger partial charge in [-0.1, -0.05) is 23.2 Å². The number of halogens is 3. The summed E-state index contributed by atoms with van der Waals surface area (Å²) in [6.07, 6.45) is 0. The summed E-state index contributed by atoms with van der Waals surface area (Å²) in [5.74, 6) is -0.185. The third-order valence-electron chi connectivity index (χ3n) is 1.87. The Labute approximate surface area is 127 Å². The van der Waals surface area contributed by atoms with E-state index < -0.39 is 0 Å². The van der Waals surface area contributed by atoms with Crippen molar-refractivity contribution in [2.75, 3.05) is 0 Å². The number of phenolic OH excluding ortho intramolecular Hbond substituents is 4. The van der Waals surface area contributed by atoms with E-state index in [2.05, 4.69) is 15.9 Å². The smallest absolute Gasteiger partial charge is 0.135 e. The predicted molar refractivity (Wildman–Crippen MR) is 77.3 cm³/mol. The summed E-state index contributed by atoms with van der Waals surface area (Å²) in [7, 11) is 0. The minimum Gasteiger partial charge on any atom is -0.508 e. The lowest BCUT2D eigenvalue weighted by atomic mass is 10.3. The Bertz CT molecular complexity index is 516. The molecule has 4 N–H and O–H groups in total.